The van der Waals surface area contributed by atoms with Gasteiger partial charge in [-0.2, -0.15) is 0 Å². The molecule has 2 rings (SSSR count). The average molecular weight is 337 g/mol. The summed E-state index contributed by atoms with van der Waals surface area (Å²) in [5.74, 6) is -0.184. The molecule has 0 heterocycles. The number of nitrogens with zero attached hydrogens (tertiary/aromatic N) is 1. The van der Waals surface area contributed by atoms with Gasteiger partial charge in [0, 0.05) is 34.5 Å². The van der Waals surface area contributed by atoms with Gasteiger partial charge < -0.3 is 10.6 Å². The molecule has 0 atom stereocenters. The Kier molecular flexibility index (Phi) is 5.01. The molecule has 0 aromatic heterocycles. The summed E-state index contributed by atoms with van der Waals surface area (Å²) < 4.78 is 14.7. The SMILES string of the molecule is CCCN(Cc1ccc(Br)cc1F)c1ccc(N)cc1. The van der Waals surface area contributed by atoms with E-state index in [0.717, 1.165) is 28.8 Å². The van der Waals surface area contributed by atoms with Crippen LogP contribution in [0.2, 0.25) is 0 Å². The Hall–Kier alpha value is -1.55. The monoisotopic (exact) mass is 336 g/mol. The highest BCUT2D eigenvalue weighted by molar-refractivity contribution is 9.10. The molecule has 0 bridgehead atoms. The van der Waals surface area contributed by atoms with Crippen LogP contribution in [0.4, 0.5) is 15.8 Å². The van der Waals surface area contributed by atoms with E-state index in [0.29, 0.717) is 12.1 Å². The predicted octanol–water partition coefficient (Wildman–Crippen LogP) is 4.59. The van der Waals surface area contributed by atoms with Crippen LogP contribution in [-0.2, 0) is 6.54 Å². The number of halogens is 2. The molecule has 0 aliphatic rings. The van der Waals surface area contributed by atoms with Crippen molar-refractivity contribution in [3.05, 3.63) is 58.3 Å². The number of benzene rings is 2. The molecule has 2 aromatic rings. The second-order valence-electron chi connectivity index (χ2n) is 4.75. The quantitative estimate of drug-likeness (QED) is 0.809. The van der Waals surface area contributed by atoms with Crippen LogP contribution in [0, 0.1) is 5.82 Å². The van der Waals surface area contributed by atoms with Crippen LogP contribution in [-0.4, -0.2) is 6.54 Å². The predicted molar refractivity (Wildman–Crippen MR) is 86.3 cm³/mol. The van der Waals surface area contributed by atoms with E-state index in [1.54, 1.807) is 0 Å². The lowest BCUT2D eigenvalue weighted by molar-refractivity contribution is 0.602. The van der Waals surface area contributed by atoms with Gasteiger partial charge in [0.2, 0.25) is 0 Å². The Balaban J connectivity index is 2.22. The molecule has 0 fully saturated rings. The molecule has 0 amide bonds. The van der Waals surface area contributed by atoms with E-state index in [9.17, 15) is 4.39 Å². The van der Waals surface area contributed by atoms with E-state index in [-0.39, 0.29) is 5.82 Å². The summed E-state index contributed by atoms with van der Waals surface area (Å²) in [6, 6.07) is 12.9. The number of anilines is 2. The fraction of sp³-hybridized carbons (Fsp3) is 0.250. The molecule has 2 N–H and O–H groups in total. The summed E-state index contributed by atoms with van der Waals surface area (Å²) in [6.45, 7) is 3.54. The molecule has 2 aromatic carbocycles. The summed E-state index contributed by atoms with van der Waals surface area (Å²) in [7, 11) is 0. The minimum atomic E-state index is -0.184. The molecule has 0 aliphatic heterocycles. The van der Waals surface area contributed by atoms with Crippen molar-refractivity contribution >= 4 is 27.3 Å². The largest absolute Gasteiger partial charge is 0.399 e. The minimum absolute atomic E-state index is 0.184. The number of hydrogen-bond donors (Lipinski definition) is 1. The van der Waals surface area contributed by atoms with E-state index < -0.39 is 0 Å². The van der Waals surface area contributed by atoms with Crippen LogP contribution < -0.4 is 10.6 Å². The Labute approximate surface area is 127 Å². The van der Waals surface area contributed by atoms with Crippen LogP contribution in [0.3, 0.4) is 0 Å². The van der Waals surface area contributed by atoms with Crippen molar-refractivity contribution in [2.75, 3.05) is 17.2 Å². The fourth-order valence-corrected chi connectivity index (χ4v) is 2.44. The molecular formula is C16H18BrFN2. The van der Waals surface area contributed by atoms with E-state index >= 15 is 0 Å². The van der Waals surface area contributed by atoms with E-state index in [2.05, 4.69) is 27.8 Å². The Morgan fingerprint density at radius 1 is 1.15 bits per heavy atom. The molecule has 0 spiro atoms. The summed E-state index contributed by atoms with van der Waals surface area (Å²) in [5.41, 5.74) is 8.20. The van der Waals surface area contributed by atoms with E-state index in [4.69, 9.17) is 5.73 Å². The molecule has 0 aliphatic carbocycles. The van der Waals surface area contributed by atoms with Crippen LogP contribution in [0.1, 0.15) is 18.9 Å². The average Bonchev–Trinajstić information content (AvgIpc) is 2.42. The maximum absolute atomic E-state index is 14.0. The van der Waals surface area contributed by atoms with Gasteiger partial charge in [-0.15, -0.1) is 0 Å². The van der Waals surface area contributed by atoms with Gasteiger partial charge in [0.05, 0.1) is 0 Å². The normalized spacial score (nSPS) is 10.6. The summed E-state index contributed by atoms with van der Waals surface area (Å²) in [6.07, 6.45) is 1.00. The van der Waals surface area contributed by atoms with Crippen molar-refractivity contribution in [1.29, 1.82) is 0 Å². The highest BCUT2D eigenvalue weighted by Gasteiger charge is 2.10. The van der Waals surface area contributed by atoms with Crippen molar-refractivity contribution in [3.63, 3.8) is 0 Å². The van der Waals surface area contributed by atoms with Crippen molar-refractivity contribution in [2.24, 2.45) is 0 Å². The lowest BCUT2D eigenvalue weighted by atomic mass is 10.1. The van der Waals surface area contributed by atoms with Gasteiger partial charge in [0.25, 0.3) is 0 Å². The lowest BCUT2D eigenvalue weighted by Crippen LogP contribution is -2.24. The Morgan fingerprint density at radius 2 is 1.85 bits per heavy atom. The first-order valence-electron chi connectivity index (χ1n) is 6.64. The second kappa shape index (κ2) is 6.75. The zero-order valence-corrected chi connectivity index (χ0v) is 13.0. The molecule has 20 heavy (non-hydrogen) atoms. The van der Waals surface area contributed by atoms with Crippen molar-refractivity contribution in [1.82, 2.24) is 0 Å². The highest BCUT2D eigenvalue weighted by atomic mass is 79.9. The van der Waals surface area contributed by atoms with Gasteiger partial charge in [-0.1, -0.05) is 28.9 Å². The maximum atomic E-state index is 14.0. The first-order chi connectivity index (χ1) is 9.60. The topological polar surface area (TPSA) is 29.3 Å². The highest BCUT2D eigenvalue weighted by Crippen LogP contribution is 2.22. The first-order valence-corrected chi connectivity index (χ1v) is 7.44. The van der Waals surface area contributed by atoms with Crippen LogP contribution in [0.25, 0.3) is 0 Å². The minimum Gasteiger partial charge on any atom is -0.399 e. The Bertz CT molecular complexity index is 569. The molecular weight excluding hydrogens is 319 g/mol. The third-order valence-electron chi connectivity index (χ3n) is 3.13. The van der Waals surface area contributed by atoms with Gasteiger partial charge in [0.15, 0.2) is 0 Å². The molecule has 0 unspecified atom stereocenters. The molecule has 0 saturated carbocycles. The number of nitrogen functional groups attached to an aromatic ring is 1. The van der Waals surface area contributed by atoms with Crippen molar-refractivity contribution in [2.45, 2.75) is 19.9 Å². The third-order valence-corrected chi connectivity index (χ3v) is 3.62. The molecule has 4 heteroatoms. The van der Waals surface area contributed by atoms with Gasteiger partial charge >= 0.3 is 0 Å². The van der Waals surface area contributed by atoms with Crippen LogP contribution >= 0.6 is 15.9 Å². The fourth-order valence-electron chi connectivity index (χ4n) is 2.11. The first kappa shape index (κ1) is 14.9. The van der Waals surface area contributed by atoms with E-state index in [1.807, 2.05) is 36.4 Å². The van der Waals surface area contributed by atoms with Crippen LogP contribution in [0.15, 0.2) is 46.9 Å². The standard InChI is InChI=1S/C16H18BrFN2/c1-2-9-20(15-7-5-14(19)6-8-15)11-12-3-4-13(17)10-16(12)18/h3-8,10H,2,9,11,19H2,1H3. The van der Waals surface area contributed by atoms with E-state index in [1.165, 1.54) is 6.07 Å². The lowest BCUT2D eigenvalue weighted by Gasteiger charge is -2.25. The van der Waals surface area contributed by atoms with Crippen molar-refractivity contribution in [3.8, 4) is 0 Å². The van der Waals surface area contributed by atoms with Gasteiger partial charge in [0.1, 0.15) is 5.82 Å². The maximum Gasteiger partial charge on any atom is 0.129 e. The van der Waals surface area contributed by atoms with Crippen molar-refractivity contribution < 1.29 is 4.39 Å². The number of nitrogens with two attached hydrogens (primary N) is 1. The second-order valence-corrected chi connectivity index (χ2v) is 5.66. The zero-order chi connectivity index (χ0) is 14.5. The molecule has 0 saturated heterocycles. The van der Waals surface area contributed by atoms with Crippen LogP contribution in [0.5, 0.6) is 0 Å². The third kappa shape index (κ3) is 3.73. The van der Waals surface area contributed by atoms with Gasteiger partial charge in [-0.05, 0) is 42.8 Å². The Morgan fingerprint density at radius 3 is 2.45 bits per heavy atom. The summed E-state index contributed by atoms with van der Waals surface area (Å²) in [4.78, 5) is 2.16. The zero-order valence-electron chi connectivity index (χ0n) is 11.4. The molecule has 0 radical (unpaired) electrons. The number of rotatable bonds is 5. The smallest absolute Gasteiger partial charge is 0.129 e. The molecule has 106 valence electrons. The summed E-state index contributed by atoms with van der Waals surface area (Å²) >= 11 is 3.28. The molecule has 2 nitrogen and oxygen atoms in total. The summed E-state index contributed by atoms with van der Waals surface area (Å²) in [5, 5.41) is 0. The van der Waals surface area contributed by atoms with Gasteiger partial charge in [-0.3, -0.25) is 0 Å². The van der Waals surface area contributed by atoms with Gasteiger partial charge in [-0.25, -0.2) is 4.39 Å². The number of hydrogen-bond acceptors (Lipinski definition) is 2.